The molecule has 1 unspecified atom stereocenters. The van der Waals surface area contributed by atoms with Crippen LogP contribution in [0.2, 0.25) is 0 Å². The van der Waals surface area contributed by atoms with Gasteiger partial charge >= 0.3 is 5.97 Å². The van der Waals surface area contributed by atoms with Crippen molar-refractivity contribution in [1.29, 1.82) is 0 Å². The Morgan fingerprint density at radius 1 is 1.28 bits per heavy atom. The van der Waals surface area contributed by atoms with Crippen LogP contribution in [0.3, 0.4) is 0 Å². The van der Waals surface area contributed by atoms with Gasteiger partial charge in [-0.15, -0.1) is 0 Å². The molecule has 0 spiro atoms. The van der Waals surface area contributed by atoms with Crippen molar-refractivity contribution < 1.29 is 9.90 Å². The zero-order chi connectivity index (χ0) is 13.5. The highest BCUT2D eigenvalue weighted by Gasteiger charge is 2.22. The van der Waals surface area contributed by atoms with Crippen LogP contribution in [-0.4, -0.2) is 29.1 Å². The van der Waals surface area contributed by atoms with Crippen molar-refractivity contribution >= 4 is 5.97 Å². The molecule has 0 saturated carbocycles. The molecule has 100 valence electrons. The number of hydrogen-bond donors (Lipinski definition) is 1. The number of carbonyl (C=O) groups is 1. The molecule has 0 aliphatic carbocycles. The van der Waals surface area contributed by atoms with Gasteiger partial charge in [0.2, 0.25) is 0 Å². The molecule has 0 aliphatic heterocycles. The molecule has 1 aromatic rings. The van der Waals surface area contributed by atoms with Gasteiger partial charge in [0.05, 0.1) is 6.42 Å². The SMILES string of the molecule is CCN(CCC(=O)O)C(c1ccccc1)C(C)C. The normalized spacial score (nSPS) is 12.9. The Hall–Kier alpha value is -1.35. The summed E-state index contributed by atoms with van der Waals surface area (Å²) in [6.07, 6.45) is 0.198. The average Bonchev–Trinajstić information content (AvgIpc) is 2.34. The highest BCUT2D eigenvalue weighted by atomic mass is 16.4. The van der Waals surface area contributed by atoms with Gasteiger partial charge in [-0.05, 0) is 18.0 Å². The van der Waals surface area contributed by atoms with E-state index in [4.69, 9.17) is 5.11 Å². The van der Waals surface area contributed by atoms with Gasteiger partial charge in [0.1, 0.15) is 0 Å². The summed E-state index contributed by atoms with van der Waals surface area (Å²) in [7, 11) is 0. The lowest BCUT2D eigenvalue weighted by atomic mass is 9.94. The van der Waals surface area contributed by atoms with Gasteiger partial charge in [-0.2, -0.15) is 0 Å². The fourth-order valence-electron chi connectivity index (χ4n) is 2.40. The number of hydrogen-bond acceptors (Lipinski definition) is 2. The van der Waals surface area contributed by atoms with Crippen LogP contribution in [0.4, 0.5) is 0 Å². The lowest BCUT2D eigenvalue weighted by molar-refractivity contribution is -0.137. The Morgan fingerprint density at radius 3 is 2.33 bits per heavy atom. The molecule has 0 aromatic heterocycles. The van der Waals surface area contributed by atoms with E-state index in [1.54, 1.807) is 0 Å². The third-order valence-electron chi connectivity index (χ3n) is 3.19. The maximum absolute atomic E-state index is 10.7. The summed E-state index contributed by atoms with van der Waals surface area (Å²) in [6, 6.07) is 10.6. The number of benzene rings is 1. The van der Waals surface area contributed by atoms with E-state index in [0.29, 0.717) is 12.5 Å². The van der Waals surface area contributed by atoms with Crippen LogP contribution in [0.1, 0.15) is 38.8 Å². The lowest BCUT2D eigenvalue weighted by Gasteiger charge is -2.33. The predicted molar refractivity (Wildman–Crippen MR) is 73.5 cm³/mol. The summed E-state index contributed by atoms with van der Waals surface area (Å²) in [5.74, 6) is -0.273. The second-order valence-corrected chi connectivity index (χ2v) is 4.87. The highest BCUT2D eigenvalue weighted by Crippen LogP contribution is 2.28. The Labute approximate surface area is 109 Å². The smallest absolute Gasteiger partial charge is 0.304 e. The van der Waals surface area contributed by atoms with Crippen molar-refractivity contribution in [2.24, 2.45) is 5.92 Å². The van der Waals surface area contributed by atoms with Gasteiger partial charge in [-0.3, -0.25) is 9.69 Å². The maximum atomic E-state index is 10.7. The van der Waals surface area contributed by atoms with Gasteiger partial charge in [0, 0.05) is 12.6 Å². The van der Waals surface area contributed by atoms with E-state index >= 15 is 0 Å². The van der Waals surface area contributed by atoms with Crippen LogP contribution in [0.5, 0.6) is 0 Å². The lowest BCUT2D eigenvalue weighted by Crippen LogP contribution is -2.33. The number of aliphatic carboxylic acids is 1. The summed E-state index contributed by atoms with van der Waals surface area (Å²) >= 11 is 0. The fraction of sp³-hybridized carbons (Fsp3) is 0.533. The first kappa shape index (κ1) is 14.7. The Morgan fingerprint density at radius 2 is 1.89 bits per heavy atom. The Kier molecular flexibility index (Phi) is 5.86. The molecule has 3 nitrogen and oxygen atoms in total. The van der Waals surface area contributed by atoms with Crippen molar-refractivity contribution in [2.45, 2.75) is 33.2 Å². The van der Waals surface area contributed by atoms with Crippen molar-refractivity contribution in [2.75, 3.05) is 13.1 Å². The first-order valence-corrected chi connectivity index (χ1v) is 6.57. The first-order valence-electron chi connectivity index (χ1n) is 6.57. The minimum absolute atomic E-state index is 0.198. The number of rotatable bonds is 7. The molecule has 18 heavy (non-hydrogen) atoms. The van der Waals surface area contributed by atoms with E-state index in [0.717, 1.165) is 6.54 Å². The predicted octanol–water partition coefficient (Wildman–Crippen LogP) is 3.18. The standard InChI is InChI=1S/C15H23NO2/c1-4-16(11-10-14(17)18)15(12(2)3)13-8-6-5-7-9-13/h5-9,12,15H,4,10-11H2,1-3H3,(H,17,18). The summed E-state index contributed by atoms with van der Waals surface area (Å²) in [5, 5.41) is 8.82. The topological polar surface area (TPSA) is 40.5 Å². The fourth-order valence-corrected chi connectivity index (χ4v) is 2.40. The maximum Gasteiger partial charge on any atom is 0.304 e. The van der Waals surface area contributed by atoms with Crippen molar-refractivity contribution in [3.05, 3.63) is 35.9 Å². The minimum Gasteiger partial charge on any atom is -0.481 e. The largest absolute Gasteiger partial charge is 0.481 e. The quantitative estimate of drug-likeness (QED) is 0.807. The zero-order valence-corrected chi connectivity index (χ0v) is 11.5. The van der Waals surface area contributed by atoms with E-state index in [-0.39, 0.29) is 12.5 Å². The second-order valence-electron chi connectivity index (χ2n) is 4.87. The molecule has 0 fully saturated rings. The van der Waals surface area contributed by atoms with E-state index in [9.17, 15) is 4.79 Å². The molecule has 1 aromatic carbocycles. The molecule has 1 rings (SSSR count). The zero-order valence-electron chi connectivity index (χ0n) is 11.5. The van der Waals surface area contributed by atoms with E-state index in [1.165, 1.54) is 5.56 Å². The van der Waals surface area contributed by atoms with Gasteiger partial charge in [0.25, 0.3) is 0 Å². The molecular formula is C15H23NO2. The third kappa shape index (κ3) is 4.15. The third-order valence-corrected chi connectivity index (χ3v) is 3.19. The first-order chi connectivity index (χ1) is 8.56. The molecule has 0 saturated heterocycles. The number of carboxylic acid groups (broad SMARTS) is 1. The van der Waals surface area contributed by atoms with E-state index in [1.807, 2.05) is 18.2 Å². The molecule has 0 heterocycles. The monoisotopic (exact) mass is 249 g/mol. The van der Waals surface area contributed by atoms with Crippen LogP contribution >= 0.6 is 0 Å². The highest BCUT2D eigenvalue weighted by molar-refractivity contribution is 5.66. The van der Waals surface area contributed by atoms with Gasteiger partial charge < -0.3 is 5.11 Å². The molecule has 0 amide bonds. The molecular weight excluding hydrogens is 226 g/mol. The summed E-state index contributed by atoms with van der Waals surface area (Å²) in [5.41, 5.74) is 1.26. The molecule has 3 heteroatoms. The van der Waals surface area contributed by atoms with Crippen molar-refractivity contribution in [3.63, 3.8) is 0 Å². The van der Waals surface area contributed by atoms with E-state index < -0.39 is 5.97 Å². The molecule has 0 aliphatic rings. The number of nitrogens with zero attached hydrogens (tertiary/aromatic N) is 1. The molecule has 0 bridgehead atoms. The van der Waals surface area contributed by atoms with Crippen LogP contribution in [0, 0.1) is 5.92 Å². The summed E-state index contributed by atoms with van der Waals surface area (Å²) in [4.78, 5) is 13.0. The van der Waals surface area contributed by atoms with Crippen LogP contribution in [-0.2, 0) is 4.79 Å². The Balaban J connectivity index is 2.85. The number of carboxylic acids is 1. The average molecular weight is 249 g/mol. The van der Waals surface area contributed by atoms with Gasteiger partial charge in [0.15, 0.2) is 0 Å². The van der Waals surface area contributed by atoms with Crippen LogP contribution in [0.15, 0.2) is 30.3 Å². The minimum atomic E-state index is -0.732. The molecule has 1 N–H and O–H groups in total. The van der Waals surface area contributed by atoms with E-state index in [2.05, 4.69) is 37.8 Å². The van der Waals surface area contributed by atoms with Gasteiger partial charge in [-0.25, -0.2) is 0 Å². The van der Waals surface area contributed by atoms with Crippen LogP contribution in [0.25, 0.3) is 0 Å². The van der Waals surface area contributed by atoms with Crippen molar-refractivity contribution in [3.8, 4) is 0 Å². The summed E-state index contributed by atoms with van der Waals surface area (Å²) < 4.78 is 0. The van der Waals surface area contributed by atoms with Crippen molar-refractivity contribution in [1.82, 2.24) is 4.90 Å². The second kappa shape index (κ2) is 7.17. The van der Waals surface area contributed by atoms with Gasteiger partial charge in [-0.1, -0.05) is 51.1 Å². The molecule has 1 atom stereocenters. The summed E-state index contributed by atoms with van der Waals surface area (Å²) in [6.45, 7) is 7.91. The molecule has 0 radical (unpaired) electrons. The van der Waals surface area contributed by atoms with Crippen LogP contribution < -0.4 is 0 Å². The Bertz CT molecular complexity index is 362.